The fourth-order valence-electron chi connectivity index (χ4n) is 3.52. The van der Waals surface area contributed by atoms with E-state index >= 15 is 0 Å². The number of nitrogens with one attached hydrogen (secondary N) is 2. The van der Waals surface area contributed by atoms with Gasteiger partial charge in [0.15, 0.2) is 0 Å². The molecule has 184 valence electrons. The van der Waals surface area contributed by atoms with Crippen LogP contribution in [0.3, 0.4) is 0 Å². The summed E-state index contributed by atoms with van der Waals surface area (Å²) in [5.41, 5.74) is -0.557. The number of rotatable bonds is 10. The number of hydrogen-bond acceptors (Lipinski definition) is 6. The average molecular weight is 484 g/mol. The summed E-state index contributed by atoms with van der Waals surface area (Å²) in [6.07, 6.45) is 1.73. The molecular formula is C22H33N3O7S. The Bertz CT molecular complexity index is 929. The maximum atomic E-state index is 12.9. The topological polar surface area (TPSA) is 142 Å². The van der Waals surface area contributed by atoms with E-state index in [1.807, 2.05) is 0 Å². The number of unbranched alkanes of at least 4 members (excludes halogenated alkanes) is 2. The lowest BCUT2D eigenvalue weighted by Crippen LogP contribution is -2.41. The maximum Gasteiger partial charge on any atom is 0.407 e. The summed E-state index contributed by atoms with van der Waals surface area (Å²) in [6.45, 7) is 5.69. The Labute approximate surface area is 194 Å². The number of benzene rings is 1. The summed E-state index contributed by atoms with van der Waals surface area (Å²) in [4.78, 5) is 35.5. The highest BCUT2D eigenvalue weighted by Gasteiger charge is 2.44. The molecule has 10 nitrogen and oxygen atoms in total. The number of aliphatic carboxylic acids is 1. The molecule has 0 bridgehead atoms. The number of carbonyl (C=O) groups excluding carboxylic acids is 2. The van der Waals surface area contributed by atoms with Crippen LogP contribution in [0.2, 0.25) is 0 Å². The van der Waals surface area contributed by atoms with Gasteiger partial charge in [-0.2, -0.15) is 4.31 Å². The minimum Gasteiger partial charge on any atom is -0.480 e. The first-order chi connectivity index (χ1) is 15.4. The normalized spacial score (nSPS) is 19.1. The van der Waals surface area contributed by atoms with Gasteiger partial charge in [0.25, 0.3) is 0 Å². The standard InChI is InChI=1S/C22H33N3O7S/c1-22(2,3)32-21(29)23-13-9-5-8-12-19(26)24-16-14-18(20(27)28)25(15-16)33(30,31)17-10-6-4-7-11-17/h4,6-7,10-11,16,18H,5,8-9,12-15H2,1-3H3,(H,23,29)(H,24,26)(H,27,28)/t16-,18+/m1/s1. The minimum atomic E-state index is -3.99. The van der Waals surface area contributed by atoms with Gasteiger partial charge in [-0.25, -0.2) is 13.2 Å². The van der Waals surface area contributed by atoms with Crippen molar-refractivity contribution in [1.29, 1.82) is 0 Å². The van der Waals surface area contributed by atoms with Crippen molar-refractivity contribution in [3.05, 3.63) is 30.3 Å². The van der Waals surface area contributed by atoms with Crippen molar-refractivity contribution < 1.29 is 32.6 Å². The Morgan fingerprint density at radius 3 is 2.39 bits per heavy atom. The zero-order valence-electron chi connectivity index (χ0n) is 19.2. The Morgan fingerprint density at radius 1 is 1.12 bits per heavy atom. The van der Waals surface area contributed by atoms with Gasteiger partial charge >= 0.3 is 12.1 Å². The first-order valence-electron chi connectivity index (χ1n) is 11.0. The zero-order valence-corrected chi connectivity index (χ0v) is 20.1. The number of amides is 2. The van der Waals surface area contributed by atoms with Crippen molar-refractivity contribution in [2.45, 2.75) is 75.5 Å². The molecule has 11 heteroatoms. The van der Waals surface area contributed by atoms with Crippen LogP contribution < -0.4 is 10.6 Å². The number of hydrogen-bond donors (Lipinski definition) is 3. The van der Waals surface area contributed by atoms with Crippen LogP contribution in [0.4, 0.5) is 4.79 Å². The molecule has 1 fully saturated rings. The molecule has 0 radical (unpaired) electrons. The number of sulfonamides is 1. The van der Waals surface area contributed by atoms with Crippen molar-refractivity contribution in [3.8, 4) is 0 Å². The first-order valence-corrected chi connectivity index (χ1v) is 12.4. The Balaban J connectivity index is 1.77. The molecule has 2 rings (SSSR count). The summed E-state index contributed by atoms with van der Waals surface area (Å²) in [6, 6.07) is 5.83. The fraction of sp³-hybridized carbons (Fsp3) is 0.591. The van der Waals surface area contributed by atoms with Crippen molar-refractivity contribution in [3.63, 3.8) is 0 Å². The molecule has 1 aromatic rings. The van der Waals surface area contributed by atoms with E-state index in [0.717, 1.165) is 4.31 Å². The summed E-state index contributed by atoms with van der Waals surface area (Å²) >= 11 is 0. The number of ether oxygens (including phenoxy) is 1. The summed E-state index contributed by atoms with van der Waals surface area (Å²) < 4.78 is 31.9. The first kappa shape index (κ1) is 26.6. The Morgan fingerprint density at radius 2 is 1.79 bits per heavy atom. The summed E-state index contributed by atoms with van der Waals surface area (Å²) in [7, 11) is -3.99. The van der Waals surface area contributed by atoms with Crippen LogP contribution in [-0.4, -0.2) is 66.6 Å². The van der Waals surface area contributed by atoms with Crippen molar-refractivity contribution in [1.82, 2.24) is 14.9 Å². The number of nitrogens with zero attached hydrogens (tertiary/aromatic N) is 1. The van der Waals surface area contributed by atoms with E-state index in [0.29, 0.717) is 25.8 Å². The molecule has 0 spiro atoms. The predicted molar refractivity (Wildman–Crippen MR) is 121 cm³/mol. The van der Waals surface area contributed by atoms with E-state index < -0.39 is 39.8 Å². The monoisotopic (exact) mass is 483 g/mol. The maximum absolute atomic E-state index is 12.9. The van der Waals surface area contributed by atoms with Gasteiger partial charge in [-0.15, -0.1) is 0 Å². The molecule has 2 atom stereocenters. The molecule has 33 heavy (non-hydrogen) atoms. The molecule has 1 aromatic carbocycles. The molecule has 1 aliphatic rings. The zero-order chi connectivity index (χ0) is 24.6. The molecule has 3 N–H and O–H groups in total. The van der Waals surface area contributed by atoms with E-state index in [1.165, 1.54) is 12.1 Å². The van der Waals surface area contributed by atoms with Gasteiger partial charge in [-0.1, -0.05) is 24.6 Å². The lowest BCUT2D eigenvalue weighted by atomic mass is 10.1. The van der Waals surface area contributed by atoms with Gasteiger partial charge < -0.3 is 20.5 Å². The quantitative estimate of drug-likeness (QED) is 0.433. The molecule has 0 aromatic heterocycles. The summed E-state index contributed by atoms with van der Waals surface area (Å²) in [5.74, 6) is -1.51. The molecule has 1 saturated heterocycles. The second-order valence-corrected chi connectivity index (χ2v) is 10.9. The van der Waals surface area contributed by atoms with Gasteiger partial charge in [0.05, 0.1) is 4.90 Å². The van der Waals surface area contributed by atoms with Crippen LogP contribution in [0, 0.1) is 0 Å². The molecule has 1 aliphatic heterocycles. The SMILES string of the molecule is CC(C)(C)OC(=O)NCCCCCC(=O)N[C@@H]1C[C@@H](C(=O)O)N(S(=O)(=O)c2ccccc2)C1. The van der Waals surface area contributed by atoms with Crippen LogP contribution in [0.15, 0.2) is 35.2 Å². The van der Waals surface area contributed by atoms with Crippen LogP contribution in [0.1, 0.15) is 52.9 Å². The number of carboxylic acid groups (broad SMARTS) is 1. The van der Waals surface area contributed by atoms with E-state index in [1.54, 1.807) is 39.0 Å². The highest BCUT2D eigenvalue weighted by molar-refractivity contribution is 7.89. The number of alkyl carbamates (subject to hydrolysis) is 1. The lowest BCUT2D eigenvalue weighted by Gasteiger charge is -2.20. The largest absolute Gasteiger partial charge is 0.480 e. The smallest absolute Gasteiger partial charge is 0.407 e. The van der Waals surface area contributed by atoms with Crippen LogP contribution in [0.25, 0.3) is 0 Å². The Hall–Kier alpha value is -2.66. The van der Waals surface area contributed by atoms with E-state index in [9.17, 15) is 27.9 Å². The number of carboxylic acids is 1. The third-order valence-corrected chi connectivity index (χ3v) is 6.89. The third-order valence-electron chi connectivity index (χ3n) is 5.00. The van der Waals surface area contributed by atoms with Crippen molar-refractivity contribution in [2.75, 3.05) is 13.1 Å². The van der Waals surface area contributed by atoms with Crippen molar-refractivity contribution in [2.24, 2.45) is 0 Å². The second kappa shape index (κ2) is 11.5. The van der Waals surface area contributed by atoms with Crippen LogP contribution in [-0.2, 0) is 24.3 Å². The molecule has 2 amide bonds. The van der Waals surface area contributed by atoms with Gasteiger partial charge in [0.2, 0.25) is 15.9 Å². The Kier molecular flexibility index (Phi) is 9.24. The van der Waals surface area contributed by atoms with Crippen LogP contribution >= 0.6 is 0 Å². The van der Waals surface area contributed by atoms with Gasteiger partial charge in [0, 0.05) is 25.6 Å². The molecule has 0 saturated carbocycles. The van der Waals surface area contributed by atoms with E-state index in [4.69, 9.17) is 4.74 Å². The average Bonchev–Trinajstić information content (AvgIpc) is 3.15. The predicted octanol–water partition coefficient (Wildman–Crippen LogP) is 2.10. The van der Waals surface area contributed by atoms with E-state index in [-0.39, 0.29) is 30.2 Å². The number of carbonyl (C=O) groups is 3. The van der Waals surface area contributed by atoms with Gasteiger partial charge in [-0.3, -0.25) is 9.59 Å². The van der Waals surface area contributed by atoms with Gasteiger partial charge in [0.1, 0.15) is 11.6 Å². The van der Waals surface area contributed by atoms with Gasteiger partial charge in [-0.05, 0) is 52.2 Å². The lowest BCUT2D eigenvalue weighted by molar-refractivity contribution is -0.140. The molecule has 0 unspecified atom stereocenters. The highest BCUT2D eigenvalue weighted by atomic mass is 32.2. The fourth-order valence-corrected chi connectivity index (χ4v) is 5.18. The highest BCUT2D eigenvalue weighted by Crippen LogP contribution is 2.26. The third kappa shape index (κ3) is 8.32. The van der Waals surface area contributed by atoms with Crippen molar-refractivity contribution >= 4 is 28.0 Å². The second-order valence-electron chi connectivity index (χ2n) is 8.98. The molecular weight excluding hydrogens is 450 g/mol. The molecule has 0 aliphatic carbocycles. The van der Waals surface area contributed by atoms with E-state index in [2.05, 4.69) is 10.6 Å². The summed E-state index contributed by atoms with van der Waals surface area (Å²) in [5, 5.41) is 14.9. The minimum absolute atomic E-state index is 0.00689. The van der Waals surface area contributed by atoms with Crippen LogP contribution in [0.5, 0.6) is 0 Å². The molecule has 1 heterocycles.